The summed E-state index contributed by atoms with van der Waals surface area (Å²) in [4.78, 5) is 36.7. The zero-order chi connectivity index (χ0) is 21.8. The summed E-state index contributed by atoms with van der Waals surface area (Å²) in [5, 5.41) is 17.6. The van der Waals surface area contributed by atoms with E-state index >= 15 is 0 Å². The lowest BCUT2D eigenvalue weighted by Gasteiger charge is -2.28. The van der Waals surface area contributed by atoms with Gasteiger partial charge in [-0.2, -0.15) is 0 Å². The number of hydrogen-bond donors (Lipinski definition) is 5. The molecule has 1 saturated carbocycles. The zero-order valence-corrected chi connectivity index (χ0v) is 18.2. The molecule has 0 heterocycles. The number of carboxylic acids is 1. The van der Waals surface area contributed by atoms with Crippen LogP contribution in [0, 0.1) is 11.8 Å². The van der Waals surface area contributed by atoms with Crippen molar-refractivity contribution < 1.29 is 19.5 Å². The Morgan fingerprint density at radius 3 is 2.14 bits per heavy atom. The van der Waals surface area contributed by atoms with Crippen LogP contribution in [0.5, 0.6) is 0 Å². The van der Waals surface area contributed by atoms with Gasteiger partial charge in [-0.1, -0.05) is 46.0 Å². The maximum Gasteiger partial charge on any atom is 0.326 e. The Morgan fingerprint density at radius 1 is 0.966 bits per heavy atom. The van der Waals surface area contributed by atoms with Gasteiger partial charge in [0.2, 0.25) is 5.91 Å². The van der Waals surface area contributed by atoms with Crippen LogP contribution in [0.15, 0.2) is 0 Å². The van der Waals surface area contributed by atoms with Gasteiger partial charge in [0.15, 0.2) is 0 Å². The first-order valence-electron chi connectivity index (χ1n) is 11.0. The van der Waals surface area contributed by atoms with Crippen molar-refractivity contribution >= 4 is 17.9 Å². The molecule has 168 valence electrons. The predicted molar refractivity (Wildman–Crippen MR) is 113 cm³/mol. The van der Waals surface area contributed by atoms with Gasteiger partial charge in [-0.15, -0.1) is 0 Å². The molecule has 1 unspecified atom stereocenters. The van der Waals surface area contributed by atoms with E-state index in [9.17, 15) is 19.5 Å². The molecule has 1 rings (SSSR count). The molecule has 29 heavy (non-hydrogen) atoms. The second-order valence-corrected chi connectivity index (χ2v) is 8.63. The second kappa shape index (κ2) is 13.4. The van der Waals surface area contributed by atoms with Crippen molar-refractivity contribution in [3.8, 4) is 0 Å². The van der Waals surface area contributed by atoms with E-state index in [1.807, 2.05) is 20.8 Å². The molecule has 0 aromatic rings. The largest absolute Gasteiger partial charge is 0.480 e. The Bertz CT molecular complexity index is 521. The fourth-order valence-electron chi connectivity index (χ4n) is 3.59. The van der Waals surface area contributed by atoms with Gasteiger partial charge in [0.25, 0.3) is 0 Å². The van der Waals surface area contributed by atoms with Crippen LogP contribution in [0.3, 0.4) is 0 Å². The molecule has 3 atom stereocenters. The van der Waals surface area contributed by atoms with Crippen molar-refractivity contribution in [2.45, 2.75) is 96.7 Å². The Kier molecular flexibility index (Phi) is 11.7. The Morgan fingerprint density at radius 2 is 1.59 bits per heavy atom. The molecule has 0 aliphatic heterocycles. The average Bonchev–Trinajstić information content (AvgIpc) is 2.67. The highest BCUT2D eigenvalue weighted by Crippen LogP contribution is 2.27. The van der Waals surface area contributed by atoms with Crippen LogP contribution in [0.2, 0.25) is 0 Å². The van der Waals surface area contributed by atoms with Gasteiger partial charge < -0.3 is 26.8 Å². The van der Waals surface area contributed by atoms with Gasteiger partial charge >= 0.3 is 12.0 Å². The molecular formula is C21H40N4O4. The molecule has 1 fully saturated rings. The molecule has 6 N–H and O–H groups in total. The minimum absolute atomic E-state index is 0.00996. The van der Waals surface area contributed by atoms with Crippen molar-refractivity contribution in [2.75, 3.05) is 6.54 Å². The number of carboxylic acid groups (broad SMARTS) is 1. The summed E-state index contributed by atoms with van der Waals surface area (Å²) in [6.45, 7) is 6.48. The third-order valence-corrected chi connectivity index (χ3v) is 5.84. The molecule has 8 nitrogen and oxygen atoms in total. The molecule has 0 spiro atoms. The maximum atomic E-state index is 12.8. The van der Waals surface area contributed by atoms with Gasteiger partial charge in [-0.25, -0.2) is 9.59 Å². The molecule has 0 radical (unpaired) electrons. The van der Waals surface area contributed by atoms with Crippen LogP contribution in [0.4, 0.5) is 4.79 Å². The van der Waals surface area contributed by atoms with E-state index in [-0.39, 0.29) is 17.9 Å². The van der Waals surface area contributed by atoms with Crippen LogP contribution in [-0.4, -0.2) is 47.7 Å². The molecule has 0 aromatic heterocycles. The smallest absolute Gasteiger partial charge is 0.326 e. The van der Waals surface area contributed by atoms with E-state index in [2.05, 4.69) is 16.0 Å². The third kappa shape index (κ3) is 9.96. The van der Waals surface area contributed by atoms with Gasteiger partial charge in [0.1, 0.15) is 12.1 Å². The van der Waals surface area contributed by atoms with E-state index < -0.39 is 24.1 Å². The molecule has 1 aliphatic rings. The summed E-state index contributed by atoms with van der Waals surface area (Å²) < 4.78 is 0. The summed E-state index contributed by atoms with van der Waals surface area (Å²) in [5.41, 5.74) is 5.45. The Labute approximate surface area is 174 Å². The highest BCUT2D eigenvalue weighted by molar-refractivity contribution is 5.88. The fraction of sp³-hybridized carbons (Fsp3) is 0.857. The lowest BCUT2D eigenvalue weighted by Crippen LogP contribution is -2.55. The normalized spacial score (nSPS) is 18.0. The van der Waals surface area contributed by atoms with Gasteiger partial charge in [0, 0.05) is 6.04 Å². The van der Waals surface area contributed by atoms with Crippen molar-refractivity contribution in [1.29, 1.82) is 0 Å². The first-order valence-corrected chi connectivity index (χ1v) is 11.0. The van der Waals surface area contributed by atoms with Gasteiger partial charge in [0.05, 0.1) is 0 Å². The number of carbonyl (C=O) groups is 3. The number of nitrogens with two attached hydrogens (primary N) is 1. The highest BCUT2D eigenvalue weighted by Gasteiger charge is 2.28. The average molecular weight is 413 g/mol. The molecule has 8 heteroatoms. The maximum absolute atomic E-state index is 12.8. The summed E-state index contributed by atoms with van der Waals surface area (Å²) in [7, 11) is 0. The molecule has 1 aliphatic carbocycles. The number of aliphatic carboxylic acids is 1. The number of carbonyl (C=O) groups excluding carboxylic acids is 2. The minimum atomic E-state index is -1.08. The van der Waals surface area contributed by atoms with Crippen molar-refractivity contribution in [1.82, 2.24) is 16.0 Å². The van der Waals surface area contributed by atoms with E-state index in [0.29, 0.717) is 38.1 Å². The number of rotatable bonds is 12. The molecule has 3 amide bonds. The van der Waals surface area contributed by atoms with Gasteiger partial charge in [-0.05, 0) is 51.0 Å². The summed E-state index contributed by atoms with van der Waals surface area (Å²) >= 11 is 0. The predicted octanol–water partition coefficient (Wildman–Crippen LogP) is 2.37. The Balaban J connectivity index is 2.72. The first kappa shape index (κ1) is 25.2. The van der Waals surface area contributed by atoms with Crippen molar-refractivity contribution in [3.05, 3.63) is 0 Å². The summed E-state index contributed by atoms with van der Waals surface area (Å²) in [6, 6.07) is -2.28. The standard InChI is InChI=1S/C21H40N4O4/c1-14(2)15(3)23-19(26)18(13-16-9-5-4-6-10-16)25-21(29)24-17(20(27)28)11-7-8-12-22/h14-18H,4-13,22H2,1-3H3,(H,23,26)(H,27,28)(H2,24,25,29)/t15?,17-,18+/m0/s1. The monoisotopic (exact) mass is 412 g/mol. The highest BCUT2D eigenvalue weighted by atomic mass is 16.4. The van der Waals surface area contributed by atoms with E-state index in [1.165, 1.54) is 6.42 Å². The third-order valence-electron chi connectivity index (χ3n) is 5.84. The summed E-state index contributed by atoms with van der Waals surface area (Å²) in [5.74, 6) is -0.614. The summed E-state index contributed by atoms with van der Waals surface area (Å²) in [6.07, 6.45) is 7.84. The molecule has 0 saturated heterocycles. The number of urea groups is 1. The van der Waals surface area contributed by atoms with Crippen LogP contribution >= 0.6 is 0 Å². The van der Waals surface area contributed by atoms with Gasteiger partial charge in [-0.3, -0.25) is 4.79 Å². The quantitative estimate of drug-likeness (QED) is 0.314. The number of hydrogen-bond acceptors (Lipinski definition) is 4. The second-order valence-electron chi connectivity index (χ2n) is 8.63. The molecular weight excluding hydrogens is 372 g/mol. The van der Waals surface area contributed by atoms with Crippen LogP contribution in [0.25, 0.3) is 0 Å². The molecule has 0 bridgehead atoms. The molecule has 0 aromatic carbocycles. The fourth-order valence-corrected chi connectivity index (χ4v) is 3.59. The zero-order valence-electron chi connectivity index (χ0n) is 18.2. The Hall–Kier alpha value is -1.83. The van der Waals surface area contributed by atoms with Crippen molar-refractivity contribution in [3.63, 3.8) is 0 Å². The number of unbranched alkanes of at least 4 members (excludes halogenated alkanes) is 1. The van der Waals surface area contributed by atoms with E-state index in [1.54, 1.807) is 0 Å². The van der Waals surface area contributed by atoms with E-state index in [4.69, 9.17) is 5.73 Å². The number of nitrogens with one attached hydrogen (secondary N) is 3. The number of amides is 3. The van der Waals surface area contributed by atoms with Crippen LogP contribution in [0.1, 0.15) is 78.6 Å². The minimum Gasteiger partial charge on any atom is -0.480 e. The lowest BCUT2D eigenvalue weighted by molar-refractivity contribution is -0.139. The van der Waals surface area contributed by atoms with Crippen LogP contribution in [-0.2, 0) is 9.59 Å². The van der Waals surface area contributed by atoms with E-state index in [0.717, 1.165) is 25.7 Å². The van der Waals surface area contributed by atoms with Crippen molar-refractivity contribution in [2.24, 2.45) is 17.6 Å². The SMILES string of the molecule is CC(C)C(C)NC(=O)[C@@H](CC1CCCCC1)NC(=O)N[C@@H](CCCCN)C(=O)O. The lowest BCUT2D eigenvalue weighted by atomic mass is 9.84. The first-order chi connectivity index (χ1) is 13.7. The van der Waals surface area contributed by atoms with Crippen LogP contribution < -0.4 is 21.7 Å². The topological polar surface area (TPSA) is 134 Å².